The van der Waals surface area contributed by atoms with E-state index in [4.69, 9.17) is 0 Å². The molecule has 1 aromatic heterocycles. The van der Waals surface area contributed by atoms with Crippen molar-refractivity contribution in [3.63, 3.8) is 0 Å². The van der Waals surface area contributed by atoms with Crippen LogP contribution in [0.25, 0.3) is 10.9 Å². The molecule has 0 saturated heterocycles. The van der Waals surface area contributed by atoms with E-state index in [1.807, 2.05) is 18.4 Å². The van der Waals surface area contributed by atoms with Crippen molar-refractivity contribution in [2.45, 2.75) is 43.7 Å². The van der Waals surface area contributed by atoms with Gasteiger partial charge in [0, 0.05) is 6.42 Å². The third-order valence-electron chi connectivity index (χ3n) is 4.42. The quantitative estimate of drug-likeness (QED) is 0.675. The van der Waals surface area contributed by atoms with Crippen LogP contribution in [0.2, 0.25) is 0 Å². The lowest BCUT2D eigenvalue weighted by molar-refractivity contribution is -0.117. The smallest absolute Gasteiger partial charge is 0.273 e. The fraction of sp³-hybridized carbons (Fsp3) is 0.471. The second-order valence-corrected chi connectivity index (χ2v) is 6.75. The number of aromatic nitrogens is 2. The molecule has 2 aromatic rings. The van der Waals surface area contributed by atoms with E-state index in [9.17, 15) is 9.59 Å². The number of fused-ring (bicyclic) bond motifs is 1. The van der Waals surface area contributed by atoms with Gasteiger partial charge in [-0.1, -0.05) is 49.6 Å². The van der Waals surface area contributed by atoms with Gasteiger partial charge in [0.15, 0.2) is 5.16 Å². The van der Waals surface area contributed by atoms with Crippen LogP contribution in [-0.4, -0.2) is 21.8 Å². The Morgan fingerprint density at radius 2 is 2.09 bits per heavy atom. The largest absolute Gasteiger partial charge is 0.281 e. The highest BCUT2D eigenvalue weighted by Crippen LogP contribution is 2.28. The highest BCUT2D eigenvalue weighted by Gasteiger charge is 2.17. The Bertz CT molecular complexity index is 766. The van der Waals surface area contributed by atoms with Gasteiger partial charge in [-0.2, -0.15) is 4.68 Å². The number of carbonyl (C=O) groups is 1. The van der Waals surface area contributed by atoms with Gasteiger partial charge in [0.25, 0.3) is 5.56 Å². The van der Waals surface area contributed by atoms with Crippen LogP contribution >= 0.6 is 11.8 Å². The monoisotopic (exact) mass is 331 g/mol. The summed E-state index contributed by atoms with van der Waals surface area (Å²) >= 11 is 1.35. The minimum Gasteiger partial charge on any atom is -0.273 e. The Kier molecular flexibility index (Phi) is 5.00. The molecule has 0 radical (unpaired) electrons. The predicted molar refractivity (Wildman–Crippen MR) is 93.3 cm³/mol. The summed E-state index contributed by atoms with van der Waals surface area (Å²) in [6, 6.07) is 7.19. The molecule has 3 rings (SSSR count). The summed E-state index contributed by atoms with van der Waals surface area (Å²) in [5.41, 5.74) is 3.15. The van der Waals surface area contributed by atoms with Crippen LogP contribution in [0.5, 0.6) is 0 Å². The third kappa shape index (κ3) is 3.58. The number of amides is 1. The fourth-order valence-electron chi connectivity index (χ4n) is 3.16. The van der Waals surface area contributed by atoms with Crippen LogP contribution in [0, 0.1) is 5.92 Å². The van der Waals surface area contributed by atoms with Crippen molar-refractivity contribution in [2.24, 2.45) is 5.92 Å². The molecule has 1 heterocycles. The molecule has 1 N–H and O–H groups in total. The van der Waals surface area contributed by atoms with Crippen LogP contribution in [0.15, 0.2) is 34.2 Å². The SMILES string of the molecule is CSc1nc2ccccc2c(=O)n1NC(=O)CCC1CCCC1. The van der Waals surface area contributed by atoms with Crippen molar-refractivity contribution in [1.29, 1.82) is 0 Å². The molecule has 0 atom stereocenters. The zero-order valence-electron chi connectivity index (χ0n) is 13.2. The number of thioether (sulfide) groups is 1. The first-order valence-electron chi connectivity index (χ1n) is 8.04. The van der Waals surface area contributed by atoms with E-state index in [1.165, 1.54) is 42.1 Å². The molecular formula is C17H21N3O2S. The van der Waals surface area contributed by atoms with Gasteiger partial charge in [-0.25, -0.2) is 4.98 Å². The maximum absolute atomic E-state index is 12.6. The van der Waals surface area contributed by atoms with Crippen LogP contribution in [0.4, 0.5) is 0 Å². The molecule has 0 unspecified atom stereocenters. The van der Waals surface area contributed by atoms with E-state index in [0.717, 1.165) is 6.42 Å². The number of para-hydroxylation sites is 1. The van der Waals surface area contributed by atoms with Gasteiger partial charge >= 0.3 is 0 Å². The van der Waals surface area contributed by atoms with Crippen molar-refractivity contribution in [3.05, 3.63) is 34.6 Å². The van der Waals surface area contributed by atoms with Gasteiger partial charge in [-0.3, -0.25) is 15.0 Å². The van der Waals surface area contributed by atoms with E-state index in [0.29, 0.717) is 28.4 Å². The van der Waals surface area contributed by atoms with Crippen LogP contribution in [0.1, 0.15) is 38.5 Å². The first-order chi connectivity index (χ1) is 11.2. The number of nitrogens with zero attached hydrogens (tertiary/aromatic N) is 2. The van der Waals surface area contributed by atoms with Gasteiger partial charge in [-0.15, -0.1) is 0 Å². The van der Waals surface area contributed by atoms with Gasteiger partial charge in [0.05, 0.1) is 10.9 Å². The third-order valence-corrected chi connectivity index (χ3v) is 5.06. The van der Waals surface area contributed by atoms with E-state index in [2.05, 4.69) is 10.4 Å². The van der Waals surface area contributed by atoms with Crippen molar-refractivity contribution < 1.29 is 4.79 Å². The molecule has 0 bridgehead atoms. The number of hydrogen-bond acceptors (Lipinski definition) is 4. The predicted octanol–water partition coefficient (Wildman–Crippen LogP) is 3.16. The summed E-state index contributed by atoms with van der Waals surface area (Å²) in [6.45, 7) is 0. The highest BCUT2D eigenvalue weighted by molar-refractivity contribution is 7.98. The van der Waals surface area contributed by atoms with Gasteiger partial charge in [-0.05, 0) is 30.7 Å². The Balaban J connectivity index is 1.79. The molecule has 6 heteroatoms. The van der Waals surface area contributed by atoms with Crippen LogP contribution in [-0.2, 0) is 4.79 Å². The molecule has 0 aliphatic heterocycles. The van der Waals surface area contributed by atoms with Crippen molar-refractivity contribution in [3.8, 4) is 0 Å². The number of nitrogens with one attached hydrogen (secondary N) is 1. The van der Waals surface area contributed by atoms with E-state index in [1.54, 1.807) is 12.1 Å². The number of rotatable bonds is 5. The standard InChI is InChI=1S/C17H21N3O2S/c1-23-17-18-14-9-5-4-8-13(14)16(22)20(17)19-15(21)11-10-12-6-2-3-7-12/h4-5,8-9,12H,2-3,6-7,10-11H2,1H3,(H,19,21). The topological polar surface area (TPSA) is 64.0 Å². The summed E-state index contributed by atoms with van der Waals surface area (Å²) < 4.78 is 1.28. The zero-order chi connectivity index (χ0) is 16.2. The van der Waals surface area contributed by atoms with E-state index in [-0.39, 0.29) is 11.5 Å². The van der Waals surface area contributed by atoms with Crippen LogP contribution < -0.4 is 11.0 Å². The average molecular weight is 331 g/mol. The Morgan fingerprint density at radius 3 is 2.83 bits per heavy atom. The fourth-order valence-corrected chi connectivity index (χ4v) is 3.66. The summed E-state index contributed by atoms with van der Waals surface area (Å²) in [5, 5.41) is 1.02. The molecule has 0 spiro atoms. The van der Waals surface area contributed by atoms with Crippen LogP contribution in [0.3, 0.4) is 0 Å². The molecule has 1 aliphatic carbocycles. The molecule has 23 heavy (non-hydrogen) atoms. The van der Waals surface area contributed by atoms with Gasteiger partial charge < -0.3 is 0 Å². The van der Waals surface area contributed by atoms with Gasteiger partial charge in [0.1, 0.15) is 0 Å². The Morgan fingerprint density at radius 1 is 1.35 bits per heavy atom. The molecule has 5 nitrogen and oxygen atoms in total. The molecule has 1 saturated carbocycles. The molecule has 1 aliphatic rings. The van der Waals surface area contributed by atoms with Crippen molar-refractivity contribution in [2.75, 3.05) is 11.7 Å². The average Bonchev–Trinajstić information content (AvgIpc) is 3.09. The maximum atomic E-state index is 12.6. The second-order valence-electron chi connectivity index (χ2n) is 5.98. The first-order valence-corrected chi connectivity index (χ1v) is 9.27. The lowest BCUT2D eigenvalue weighted by atomic mass is 10.0. The first kappa shape index (κ1) is 16.1. The minimum atomic E-state index is -0.228. The summed E-state index contributed by atoms with van der Waals surface area (Å²) in [4.78, 5) is 29.3. The molecular weight excluding hydrogens is 310 g/mol. The van der Waals surface area contributed by atoms with Crippen molar-refractivity contribution in [1.82, 2.24) is 9.66 Å². The van der Waals surface area contributed by atoms with E-state index < -0.39 is 0 Å². The van der Waals surface area contributed by atoms with E-state index >= 15 is 0 Å². The number of hydrogen-bond donors (Lipinski definition) is 1. The number of benzene rings is 1. The number of carbonyl (C=O) groups excluding carboxylic acids is 1. The Labute approximate surface area is 139 Å². The summed E-state index contributed by atoms with van der Waals surface area (Å²) in [6.07, 6.45) is 8.20. The summed E-state index contributed by atoms with van der Waals surface area (Å²) in [5.74, 6) is 0.540. The molecule has 1 aromatic carbocycles. The lowest BCUT2D eigenvalue weighted by Gasteiger charge is -2.14. The normalized spacial score (nSPS) is 15.2. The lowest BCUT2D eigenvalue weighted by Crippen LogP contribution is -2.35. The Hall–Kier alpha value is -1.82. The zero-order valence-corrected chi connectivity index (χ0v) is 14.1. The molecule has 1 amide bonds. The van der Waals surface area contributed by atoms with Gasteiger partial charge in [0.2, 0.25) is 5.91 Å². The highest BCUT2D eigenvalue weighted by atomic mass is 32.2. The summed E-state index contributed by atoms with van der Waals surface area (Å²) in [7, 11) is 0. The minimum absolute atomic E-state index is 0.119. The van der Waals surface area contributed by atoms with Crippen molar-refractivity contribution >= 4 is 28.6 Å². The maximum Gasteiger partial charge on any atom is 0.281 e. The second kappa shape index (κ2) is 7.17. The molecule has 1 fully saturated rings. The molecule has 122 valence electrons.